The van der Waals surface area contributed by atoms with Crippen LogP contribution in [0.1, 0.15) is 25.7 Å². The van der Waals surface area contributed by atoms with Gasteiger partial charge in [0.25, 0.3) is 0 Å². The zero-order valence-electron chi connectivity index (χ0n) is 7.10. The molecule has 1 aliphatic carbocycles. The van der Waals surface area contributed by atoms with Crippen molar-refractivity contribution in [3.8, 4) is 11.8 Å². The van der Waals surface area contributed by atoms with E-state index in [0.717, 1.165) is 0 Å². The first kappa shape index (κ1) is 8.84. The fraction of sp³-hybridized carbons (Fsp3) is 0.455. The number of hydrogen-bond acceptors (Lipinski definition) is 1. The summed E-state index contributed by atoms with van der Waals surface area (Å²) in [4.78, 5) is 11.0. The summed E-state index contributed by atoms with van der Waals surface area (Å²) in [5.74, 6) is 6.13. The molecular formula is C11H12O. The molecule has 0 bridgehead atoms. The molecule has 0 aromatic carbocycles. The molecular weight excluding hydrogens is 148 g/mol. The Morgan fingerprint density at radius 2 is 2.33 bits per heavy atom. The van der Waals surface area contributed by atoms with Crippen molar-refractivity contribution in [1.29, 1.82) is 0 Å². The largest absolute Gasteiger partial charge is 0.285 e. The molecule has 0 aliphatic heterocycles. The van der Waals surface area contributed by atoms with Gasteiger partial charge in [-0.2, -0.15) is 0 Å². The summed E-state index contributed by atoms with van der Waals surface area (Å²) < 4.78 is 0. The Labute approximate surface area is 73.2 Å². The van der Waals surface area contributed by atoms with E-state index in [-0.39, 0.29) is 5.78 Å². The number of Topliss-reactive ketones (excluding diaryl/α,β-unsaturated/α-hetero) is 1. The van der Waals surface area contributed by atoms with Crippen LogP contribution < -0.4 is 0 Å². The smallest absolute Gasteiger partial charge is 0.205 e. The maximum atomic E-state index is 11.0. The SMILES string of the molecule is C=C=CCCC(=O)C#CC1CC1. The van der Waals surface area contributed by atoms with E-state index < -0.39 is 0 Å². The van der Waals surface area contributed by atoms with Crippen molar-refractivity contribution >= 4 is 5.78 Å². The van der Waals surface area contributed by atoms with E-state index in [4.69, 9.17) is 0 Å². The molecule has 0 amide bonds. The first-order chi connectivity index (χ1) is 5.83. The molecule has 62 valence electrons. The van der Waals surface area contributed by atoms with Crippen molar-refractivity contribution in [1.82, 2.24) is 0 Å². The summed E-state index contributed by atoms with van der Waals surface area (Å²) in [7, 11) is 0. The van der Waals surface area contributed by atoms with Crippen molar-refractivity contribution < 1.29 is 4.79 Å². The number of carbonyl (C=O) groups excluding carboxylic acids is 1. The highest BCUT2D eigenvalue weighted by Crippen LogP contribution is 2.27. The van der Waals surface area contributed by atoms with E-state index in [1.54, 1.807) is 6.08 Å². The predicted octanol–water partition coefficient (Wildman–Crippen LogP) is 2.09. The second-order valence-corrected chi connectivity index (χ2v) is 2.91. The van der Waals surface area contributed by atoms with Gasteiger partial charge in [0.05, 0.1) is 0 Å². The molecule has 0 atom stereocenters. The second-order valence-electron chi connectivity index (χ2n) is 2.91. The van der Waals surface area contributed by atoms with Crippen LogP contribution in [0.15, 0.2) is 18.4 Å². The first-order valence-electron chi connectivity index (χ1n) is 4.21. The highest BCUT2D eigenvalue weighted by molar-refractivity contribution is 5.95. The topological polar surface area (TPSA) is 17.1 Å². The minimum Gasteiger partial charge on any atom is -0.285 e. The van der Waals surface area contributed by atoms with Gasteiger partial charge in [0, 0.05) is 12.3 Å². The van der Waals surface area contributed by atoms with Crippen LogP contribution in [0.3, 0.4) is 0 Å². The fourth-order valence-electron chi connectivity index (χ4n) is 0.778. The standard InChI is InChI=1S/C11H12O/c1-2-3-4-5-11(12)9-8-10-6-7-10/h3,10H,1,4-7H2. The quantitative estimate of drug-likeness (QED) is 0.351. The molecule has 1 aliphatic rings. The first-order valence-corrected chi connectivity index (χ1v) is 4.21. The van der Waals surface area contributed by atoms with Crippen molar-refractivity contribution in [3.05, 3.63) is 18.4 Å². The molecule has 1 saturated carbocycles. The highest BCUT2D eigenvalue weighted by atomic mass is 16.1. The van der Waals surface area contributed by atoms with Crippen LogP contribution in [0.2, 0.25) is 0 Å². The Balaban J connectivity index is 2.19. The van der Waals surface area contributed by atoms with Gasteiger partial charge in [-0.1, -0.05) is 12.5 Å². The minimum absolute atomic E-state index is 0.0356. The summed E-state index contributed by atoms with van der Waals surface area (Å²) in [6.07, 6.45) is 5.32. The van der Waals surface area contributed by atoms with Gasteiger partial charge < -0.3 is 0 Å². The van der Waals surface area contributed by atoms with Crippen molar-refractivity contribution in [3.63, 3.8) is 0 Å². The van der Waals surface area contributed by atoms with Crippen LogP contribution in [0, 0.1) is 17.8 Å². The highest BCUT2D eigenvalue weighted by Gasteiger charge is 2.17. The van der Waals surface area contributed by atoms with Gasteiger partial charge in [-0.3, -0.25) is 4.79 Å². The number of carbonyl (C=O) groups is 1. The van der Waals surface area contributed by atoms with E-state index >= 15 is 0 Å². The third-order valence-electron chi connectivity index (χ3n) is 1.65. The molecule has 1 fully saturated rings. The molecule has 0 spiro atoms. The van der Waals surface area contributed by atoms with Crippen molar-refractivity contribution in [2.75, 3.05) is 0 Å². The molecule has 0 radical (unpaired) electrons. The third-order valence-corrected chi connectivity index (χ3v) is 1.65. The van der Waals surface area contributed by atoms with Gasteiger partial charge in [0.2, 0.25) is 5.78 Å². The Bertz CT molecular complexity index is 267. The molecule has 1 rings (SSSR count). The second kappa shape index (κ2) is 4.59. The van der Waals surface area contributed by atoms with Crippen LogP contribution in [-0.2, 0) is 4.79 Å². The lowest BCUT2D eigenvalue weighted by Crippen LogP contribution is -1.91. The number of hydrogen-bond donors (Lipinski definition) is 0. The summed E-state index contributed by atoms with van der Waals surface area (Å²) in [6.45, 7) is 3.41. The number of ketones is 1. The number of allylic oxidation sites excluding steroid dienone is 1. The molecule has 0 aromatic rings. The van der Waals surface area contributed by atoms with Crippen molar-refractivity contribution in [2.24, 2.45) is 5.92 Å². The van der Waals surface area contributed by atoms with Crippen LogP contribution in [0.25, 0.3) is 0 Å². The summed E-state index contributed by atoms with van der Waals surface area (Å²) in [6, 6.07) is 0. The fourth-order valence-corrected chi connectivity index (χ4v) is 0.778. The molecule has 0 N–H and O–H groups in total. The van der Waals surface area contributed by atoms with Crippen LogP contribution in [0.4, 0.5) is 0 Å². The zero-order chi connectivity index (χ0) is 8.81. The number of rotatable bonds is 3. The molecule has 1 nitrogen and oxygen atoms in total. The van der Waals surface area contributed by atoms with Crippen molar-refractivity contribution in [2.45, 2.75) is 25.7 Å². The Morgan fingerprint density at radius 1 is 1.58 bits per heavy atom. The lowest BCUT2D eigenvalue weighted by Gasteiger charge is -1.84. The maximum Gasteiger partial charge on any atom is 0.205 e. The normalized spacial score (nSPS) is 14.0. The van der Waals surface area contributed by atoms with E-state index in [2.05, 4.69) is 24.2 Å². The van der Waals surface area contributed by atoms with Crippen LogP contribution in [0.5, 0.6) is 0 Å². The maximum absolute atomic E-state index is 11.0. The molecule has 0 unspecified atom stereocenters. The lowest BCUT2D eigenvalue weighted by atomic mass is 10.2. The van der Waals surface area contributed by atoms with Gasteiger partial charge in [-0.05, 0) is 31.3 Å². The minimum atomic E-state index is 0.0356. The Hall–Kier alpha value is -1.25. The van der Waals surface area contributed by atoms with Gasteiger partial charge in [0.1, 0.15) is 0 Å². The average Bonchev–Trinajstić information content (AvgIpc) is 2.84. The van der Waals surface area contributed by atoms with Gasteiger partial charge in [-0.25, -0.2) is 0 Å². The monoisotopic (exact) mass is 160 g/mol. The Morgan fingerprint density at radius 3 is 2.92 bits per heavy atom. The summed E-state index contributed by atoms with van der Waals surface area (Å²) in [5, 5.41) is 0. The van der Waals surface area contributed by atoms with E-state index in [1.165, 1.54) is 12.8 Å². The van der Waals surface area contributed by atoms with E-state index in [9.17, 15) is 4.79 Å². The van der Waals surface area contributed by atoms with Gasteiger partial charge in [0.15, 0.2) is 0 Å². The van der Waals surface area contributed by atoms with Crippen LogP contribution >= 0.6 is 0 Å². The summed E-state index contributed by atoms with van der Waals surface area (Å²) in [5.41, 5.74) is 2.62. The Kier molecular flexibility index (Phi) is 3.38. The zero-order valence-corrected chi connectivity index (χ0v) is 7.10. The molecule has 0 aromatic heterocycles. The molecule has 12 heavy (non-hydrogen) atoms. The van der Waals surface area contributed by atoms with E-state index in [0.29, 0.717) is 18.8 Å². The average molecular weight is 160 g/mol. The lowest BCUT2D eigenvalue weighted by molar-refractivity contribution is -0.113. The van der Waals surface area contributed by atoms with E-state index in [1.807, 2.05) is 0 Å². The van der Waals surface area contributed by atoms with Gasteiger partial charge in [-0.15, -0.1) is 5.73 Å². The predicted molar refractivity (Wildman–Crippen MR) is 48.5 cm³/mol. The van der Waals surface area contributed by atoms with Gasteiger partial charge >= 0.3 is 0 Å². The van der Waals surface area contributed by atoms with Crippen LogP contribution in [-0.4, -0.2) is 5.78 Å². The molecule has 0 saturated heterocycles. The molecule has 1 heteroatoms. The summed E-state index contributed by atoms with van der Waals surface area (Å²) >= 11 is 0. The molecule has 0 heterocycles. The third kappa shape index (κ3) is 3.81.